The van der Waals surface area contributed by atoms with Gasteiger partial charge in [-0.15, -0.1) is 11.3 Å². The van der Waals surface area contributed by atoms with E-state index in [9.17, 15) is 5.26 Å². The van der Waals surface area contributed by atoms with Crippen LogP contribution in [0.25, 0.3) is 21.1 Å². The number of nitriles is 1. The van der Waals surface area contributed by atoms with Crippen molar-refractivity contribution >= 4 is 32.5 Å². The molecular weight excluding hydrogens is 416 g/mol. The van der Waals surface area contributed by atoms with Gasteiger partial charge in [-0.1, -0.05) is 0 Å². The van der Waals surface area contributed by atoms with Crippen molar-refractivity contribution in [3.05, 3.63) is 58.7 Å². The summed E-state index contributed by atoms with van der Waals surface area (Å²) in [6.07, 6.45) is 6.71. The van der Waals surface area contributed by atoms with Crippen molar-refractivity contribution in [1.82, 2.24) is 14.9 Å². The van der Waals surface area contributed by atoms with Crippen LogP contribution in [0.2, 0.25) is 0 Å². The van der Waals surface area contributed by atoms with Gasteiger partial charge in [-0.05, 0) is 94.1 Å². The van der Waals surface area contributed by atoms with Gasteiger partial charge < -0.3 is 14.6 Å². The summed E-state index contributed by atoms with van der Waals surface area (Å²) in [5.74, 6) is 1.49. The van der Waals surface area contributed by atoms with E-state index in [1.54, 1.807) is 11.3 Å². The molecule has 5 rings (SSSR count). The fourth-order valence-electron chi connectivity index (χ4n) is 4.76. The molecule has 0 radical (unpaired) electrons. The molecule has 6 heteroatoms. The fraction of sp³-hybridized carbons (Fsp3) is 0.385. The molecule has 0 spiro atoms. The summed E-state index contributed by atoms with van der Waals surface area (Å²) in [5, 5.41) is 11.5. The fourth-order valence-corrected chi connectivity index (χ4v) is 5.56. The first kappa shape index (κ1) is 21.0. The topological polar surface area (TPSA) is 64.9 Å². The SMILES string of the molecule is Cc1nc2cc(OCCCCN3CCC(c4c[nH]c5ccc(C#N)cc45)CC3)ccc2s1. The molecule has 0 saturated carbocycles. The highest BCUT2D eigenvalue weighted by molar-refractivity contribution is 7.18. The number of nitrogens with zero attached hydrogens (tertiary/aromatic N) is 3. The minimum atomic E-state index is 0.571. The van der Waals surface area contributed by atoms with E-state index in [2.05, 4.69) is 39.3 Å². The molecule has 164 valence electrons. The number of unbranched alkanes of at least 4 members (excludes halogenated alkanes) is 1. The Morgan fingerprint density at radius 3 is 2.91 bits per heavy atom. The van der Waals surface area contributed by atoms with Crippen LogP contribution in [0.5, 0.6) is 5.75 Å². The molecule has 2 aromatic carbocycles. The lowest BCUT2D eigenvalue weighted by Crippen LogP contribution is -2.33. The molecule has 4 aromatic rings. The third-order valence-corrected chi connectivity index (χ3v) is 7.43. The Morgan fingerprint density at radius 1 is 1.19 bits per heavy atom. The highest BCUT2D eigenvalue weighted by Crippen LogP contribution is 2.33. The summed E-state index contributed by atoms with van der Waals surface area (Å²) in [5.41, 5.74) is 4.27. The van der Waals surface area contributed by atoms with E-state index < -0.39 is 0 Å². The molecular formula is C26H28N4OS. The number of fused-ring (bicyclic) bond motifs is 2. The Morgan fingerprint density at radius 2 is 2.06 bits per heavy atom. The molecule has 1 aliphatic rings. The highest BCUT2D eigenvalue weighted by atomic mass is 32.1. The predicted molar refractivity (Wildman–Crippen MR) is 131 cm³/mol. The summed E-state index contributed by atoms with van der Waals surface area (Å²) in [6.45, 7) is 6.19. The van der Waals surface area contributed by atoms with Gasteiger partial charge in [-0.3, -0.25) is 0 Å². The lowest BCUT2D eigenvalue weighted by Gasteiger charge is -2.32. The van der Waals surface area contributed by atoms with Crippen molar-refractivity contribution in [3.8, 4) is 11.8 Å². The predicted octanol–water partition coefficient (Wildman–Crippen LogP) is 6.00. The number of benzene rings is 2. The Labute approximate surface area is 192 Å². The number of aryl methyl sites for hydroxylation is 1. The average molecular weight is 445 g/mol. The molecule has 1 N–H and O–H groups in total. The van der Waals surface area contributed by atoms with Crippen LogP contribution in [0.15, 0.2) is 42.6 Å². The van der Waals surface area contributed by atoms with Crippen LogP contribution in [-0.2, 0) is 0 Å². The molecule has 32 heavy (non-hydrogen) atoms. The van der Waals surface area contributed by atoms with Crippen molar-refractivity contribution in [3.63, 3.8) is 0 Å². The molecule has 2 aromatic heterocycles. The number of aromatic nitrogens is 2. The van der Waals surface area contributed by atoms with Crippen LogP contribution in [-0.4, -0.2) is 41.1 Å². The van der Waals surface area contributed by atoms with Gasteiger partial charge in [0.1, 0.15) is 5.75 Å². The Kier molecular flexibility index (Phi) is 6.11. The summed E-state index contributed by atoms with van der Waals surface area (Å²) in [6, 6.07) is 14.4. The maximum Gasteiger partial charge on any atom is 0.121 e. The van der Waals surface area contributed by atoms with E-state index in [0.717, 1.165) is 66.4 Å². The zero-order valence-corrected chi connectivity index (χ0v) is 19.3. The number of hydrogen-bond acceptors (Lipinski definition) is 5. The van der Waals surface area contributed by atoms with Gasteiger partial charge in [-0.2, -0.15) is 5.26 Å². The van der Waals surface area contributed by atoms with E-state index in [0.29, 0.717) is 5.92 Å². The third kappa shape index (κ3) is 4.50. The zero-order valence-electron chi connectivity index (χ0n) is 18.4. The Balaban J connectivity index is 1.06. The number of hydrogen-bond donors (Lipinski definition) is 1. The van der Waals surface area contributed by atoms with E-state index in [4.69, 9.17) is 4.74 Å². The molecule has 0 aliphatic carbocycles. The first-order chi connectivity index (χ1) is 15.7. The number of piperidine rings is 1. The van der Waals surface area contributed by atoms with Gasteiger partial charge >= 0.3 is 0 Å². The maximum absolute atomic E-state index is 9.22. The monoisotopic (exact) mass is 444 g/mol. The van der Waals surface area contributed by atoms with Crippen molar-refractivity contribution < 1.29 is 4.74 Å². The van der Waals surface area contributed by atoms with E-state index in [1.165, 1.54) is 28.5 Å². The normalized spacial score (nSPS) is 15.4. The second-order valence-electron chi connectivity index (χ2n) is 8.65. The molecule has 5 nitrogen and oxygen atoms in total. The molecule has 0 bridgehead atoms. The second-order valence-corrected chi connectivity index (χ2v) is 9.88. The number of rotatable bonds is 7. The van der Waals surface area contributed by atoms with Crippen molar-refractivity contribution in [2.75, 3.05) is 26.2 Å². The molecule has 0 amide bonds. The van der Waals surface area contributed by atoms with Crippen molar-refractivity contribution in [2.24, 2.45) is 0 Å². The number of thiazole rings is 1. The molecule has 1 saturated heterocycles. The standard InChI is InChI=1S/C26H28N4OS/c1-18-29-25-15-21(5-7-26(25)32-18)31-13-3-2-10-30-11-8-20(9-12-30)23-17-28-24-6-4-19(16-27)14-22(23)24/h4-7,14-15,17,20,28H,2-3,8-13H2,1H3. The minimum Gasteiger partial charge on any atom is -0.494 e. The Bertz CT molecular complexity index is 1260. The molecule has 3 heterocycles. The van der Waals surface area contributed by atoms with Crippen molar-refractivity contribution in [1.29, 1.82) is 5.26 Å². The summed E-state index contributed by atoms with van der Waals surface area (Å²) in [7, 11) is 0. The van der Waals surface area contributed by atoms with Crippen molar-refractivity contribution in [2.45, 2.75) is 38.5 Å². The van der Waals surface area contributed by atoms with Crippen LogP contribution in [0, 0.1) is 18.3 Å². The molecule has 0 unspecified atom stereocenters. The van der Waals surface area contributed by atoms with Crippen LogP contribution in [0.3, 0.4) is 0 Å². The first-order valence-corrected chi connectivity index (χ1v) is 12.2. The van der Waals surface area contributed by atoms with Gasteiger partial charge in [0.05, 0.1) is 33.5 Å². The third-order valence-electron chi connectivity index (χ3n) is 6.47. The summed E-state index contributed by atoms with van der Waals surface area (Å²) in [4.78, 5) is 10.5. The van der Waals surface area contributed by atoms with Gasteiger partial charge in [-0.25, -0.2) is 4.98 Å². The summed E-state index contributed by atoms with van der Waals surface area (Å²) < 4.78 is 7.18. The first-order valence-electron chi connectivity index (χ1n) is 11.4. The van der Waals surface area contributed by atoms with E-state index in [1.807, 2.05) is 31.2 Å². The van der Waals surface area contributed by atoms with E-state index >= 15 is 0 Å². The van der Waals surface area contributed by atoms with Crippen LogP contribution in [0.1, 0.15) is 47.7 Å². The second kappa shape index (κ2) is 9.32. The number of nitrogens with one attached hydrogen (secondary N) is 1. The van der Waals surface area contributed by atoms with Crippen LogP contribution < -0.4 is 4.74 Å². The summed E-state index contributed by atoms with van der Waals surface area (Å²) >= 11 is 1.72. The lowest BCUT2D eigenvalue weighted by molar-refractivity contribution is 0.202. The number of H-pyrrole nitrogens is 1. The molecule has 0 atom stereocenters. The van der Waals surface area contributed by atoms with Crippen LogP contribution in [0.4, 0.5) is 0 Å². The smallest absolute Gasteiger partial charge is 0.121 e. The average Bonchev–Trinajstić information content (AvgIpc) is 3.41. The van der Waals surface area contributed by atoms with E-state index in [-0.39, 0.29) is 0 Å². The number of likely N-dealkylation sites (tertiary alicyclic amines) is 1. The molecule has 1 fully saturated rings. The van der Waals surface area contributed by atoms with Crippen LogP contribution >= 0.6 is 11.3 Å². The number of aromatic amines is 1. The zero-order chi connectivity index (χ0) is 21.9. The quantitative estimate of drug-likeness (QED) is 0.355. The maximum atomic E-state index is 9.22. The molecule has 1 aliphatic heterocycles. The van der Waals surface area contributed by atoms with Gasteiger partial charge in [0.25, 0.3) is 0 Å². The largest absolute Gasteiger partial charge is 0.494 e. The lowest BCUT2D eigenvalue weighted by atomic mass is 9.89. The van der Waals surface area contributed by atoms with Gasteiger partial charge in [0.15, 0.2) is 0 Å². The van der Waals surface area contributed by atoms with Gasteiger partial charge in [0, 0.05) is 23.2 Å². The highest BCUT2D eigenvalue weighted by Gasteiger charge is 2.22. The number of ether oxygens (including phenoxy) is 1. The minimum absolute atomic E-state index is 0.571. The Hall–Kier alpha value is -2.88. The van der Waals surface area contributed by atoms with Gasteiger partial charge in [0.2, 0.25) is 0 Å².